The molecule has 10 heteroatoms. The van der Waals surface area contributed by atoms with Gasteiger partial charge in [-0.25, -0.2) is 8.42 Å². The Labute approximate surface area is 214 Å². The van der Waals surface area contributed by atoms with E-state index in [1.165, 1.54) is 6.07 Å². The zero-order valence-corrected chi connectivity index (χ0v) is 21.3. The molecular formula is C27H29F2N3O4S. The highest BCUT2D eigenvalue weighted by Crippen LogP contribution is 2.36. The molecule has 1 aliphatic carbocycles. The minimum atomic E-state index is -3.14. The summed E-state index contributed by atoms with van der Waals surface area (Å²) in [6.45, 7) is -0.632. The van der Waals surface area contributed by atoms with Gasteiger partial charge in [0.2, 0.25) is 5.91 Å². The molecule has 196 valence electrons. The Hall–Kier alpha value is -3.27. The number of fused-ring (bicyclic) bond motifs is 1. The number of hydrogen-bond donors (Lipinski definition) is 1. The van der Waals surface area contributed by atoms with Gasteiger partial charge in [0.1, 0.15) is 5.75 Å². The molecule has 0 radical (unpaired) electrons. The van der Waals surface area contributed by atoms with Crippen molar-refractivity contribution >= 4 is 15.7 Å². The van der Waals surface area contributed by atoms with E-state index in [2.05, 4.69) is 10.1 Å². The fraction of sp³-hybridized carbons (Fsp3) is 0.407. The molecule has 5 rings (SSSR count). The van der Waals surface area contributed by atoms with Crippen molar-refractivity contribution in [3.63, 3.8) is 0 Å². The third-order valence-corrected chi connectivity index (χ3v) is 9.06. The van der Waals surface area contributed by atoms with Crippen molar-refractivity contribution in [1.29, 1.82) is 0 Å². The first-order valence-electron chi connectivity index (χ1n) is 12.3. The maximum Gasteiger partial charge on any atom is 0.387 e. The Morgan fingerprint density at radius 1 is 1.22 bits per heavy atom. The number of carbonyl (C=O) groups excluding carboxylic acids is 1. The van der Waals surface area contributed by atoms with Gasteiger partial charge in [0.15, 0.2) is 9.84 Å². The molecule has 0 saturated carbocycles. The summed E-state index contributed by atoms with van der Waals surface area (Å²) in [6.07, 6.45) is 2.04. The van der Waals surface area contributed by atoms with Gasteiger partial charge in [-0.2, -0.15) is 13.9 Å². The van der Waals surface area contributed by atoms with Crippen molar-refractivity contribution < 1.29 is 26.7 Å². The van der Waals surface area contributed by atoms with Gasteiger partial charge in [0.25, 0.3) is 0 Å². The monoisotopic (exact) mass is 529 g/mol. The van der Waals surface area contributed by atoms with Crippen LogP contribution in [0.15, 0.2) is 54.6 Å². The molecular weight excluding hydrogens is 500 g/mol. The average Bonchev–Trinajstić information content (AvgIpc) is 3.34. The molecule has 0 bridgehead atoms. The van der Waals surface area contributed by atoms with E-state index in [0.717, 1.165) is 16.8 Å². The van der Waals surface area contributed by atoms with Crippen molar-refractivity contribution in [1.82, 2.24) is 15.1 Å². The van der Waals surface area contributed by atoms with Crippen LogP contribution in [0.2, 0.25) is 0 Å². The molecule has 1 fully saturated rings. The van der Waals surface area contributed by atoms with E-state index in [4.69, 9.17) is 5.10 Å². The van der Waals surface area contributed by atoms with Crippen LogP contribution < -0.4 is 10.1 Å². The molecule has 2 aromatic carbocycles. The normalized spacial score (nSPS) is 22.5. The molecule has 2 aliphatic rings. The summed E-state index contributed by atoms with van der Waals surface area (Å²) in [6, 6.07) is 16.3. The van der Waals surface area contributed by atoms with Gasteiger partial charge >= 0.3 is 6.61 Å². The molecule has 2 heterocycles. The van der Waals surface area contributed by atoms with Crippen LogP contribution in [0, 0.1) is 5.92 Å². The number of carbonyl (C=O) groups is 1. The second kappa shape index (κ2) is 9.89. The number of sulfone groups is 1. The number of halogens is 2. The lowest BCUT2D eigenvalue weighted by Crippen LogP contribution is -2.50. The van der Waals surface area contributed by atoms with Crippen LogP contribution in [-0.2, 0) is 34.0 Å². The molecule has 1 aliphatic heterocycles. The third kappa shape index (κ3) is 5.69. The molecule has 3 aromatic rings. The summed E-state index contributed by atoms with van der Waals surface area (Å²) < 4.78 is 56.1. The molecule has 37 heavy (non-hydrogen) atoms. The van der Waals surface area contributed by atoms with E-state index in [1.54, 1.807) is 19.1 Å². The van der Waals surface area contributed by atoms with Crippen molar-refractivity contribution in [3.8, 4) is 17.0 Å². The maximum atomic E-state index is 13.3. The summed E-state index contributed by atoms with van der Waals surface area (Å²) in [5.74, 6) is -0.366. The van der Waals surface area contributed by atoms with E-state index in [0.29, 0.717) is 43.5 Å². The first-order chi connectivity index (χ1) is 17.6. The Morgan fingerprint density at radius 3 is 2.70 bits per heavy atom. The summed E-state index contributed by atoms with van der Waals surface area (Å²) in [7, 11) is -3.14. The highest BCUT2D eigenvalue weighted by atomic mass is 32.2. The van der Waals surface area contributed by atoms with Crippen molar-refractivity contribution in [2.75, 3.05) is 11.5 Å². The van der Waals surface area contributed by atoms with Crippen LogP contribution in [0.25, 0.3) is 11.3 Å². The highest BCUT2D eigenvalue weighted by Gasteiger charge is 2.41. The van der Waals surface area contributed by atoms with Crippen molar-refractivity contribution in [2.45, 2.75) is 51.3 Å². The number of amides is 1. The fourth-order valence-electron chi connectivity index (χ4n) is 5.35. The first kappa shape index (κ1) is 25.4. The van der Waals surface area contributed by atoms with Crippen LogP contribution in [0.5, 0.6) is 5.75 Å². The number of benzene rings is 2. The lowest BCUT2D eigenvalue weighted by atomic mass is 9.84. The van der Waals surface area contributed by atoms with E-state index in [1.807, 2.05) is 41.1 Å². The number of hydrogen-bond acceptors (Lipinski definition) is 5. The zero-order valence-electron chi connectivity index (χ0n) is 20.5. The minimum Gasteiger partial charge on any atom is -0.435 e. The second-order valence-electron chi connectivity index (χ2n) is 10.2. The molecule has 0 spiro atoms. The van der Waals surface area contributed by atoms with Gasteiger partial charge in [0, 0.05) is 29.2 Å². The second-order valence-corrected chi connectivity index (χ2v) is 12.3. The Bertz CT molecular complexity index is 1410. The summed E-state index contributed by atoms with van der Waals surface area (Å²) >= 11 is 0. The van der Waals surface area contributed by atoms with Crippen LogP contribution in [0.3, 0.4) is 0 Å². The van der Waals surface area contributed by atoms with E-state index < -0.39 is 22.0 Å². The fourth-order valence-corrected chi connectivity index (χ4v) is 7.44. The number of rotatable bonds is 7. The van der Waals surface area contributed by atoms with Crippen molar-refractivity contribution in [2.24, 2.45) is 5.92 Å². The number of nitrogens with zero attached hydrogens (tertiary/aromatic N) is 2. The van der Waals surface area contributed by atoms with E-state index >= 15 is 0 Å². The Balaban J connectivity index is 1.45. The van der Waals surface area contributed by atoms with Crippen LogP contribution in [0.1, 0.15) is 36.6 Å². The van der Waals surface area contributed by atoms with Gasteiger partial charge in [0.05, 0.1) is 29.3 Å². The highest BCUT2D eigenvalue weighted by molar-refractivity contribution is 7.91. The van der Waals surface area contributed by atoms with Gasteiger partial charge < -0.3 is 10.1 Å². The smallest absolute Gasteiger partial charge is 0.387 e. The van der Waals surface area contributed by atoms with Gasteiger partial charge in [-0.3, -0.25) is 9.48 Å². The van der Waals surface area contributed by atoms with E-state index in [9.17, 15) is 22.0 Å². The standard InChI is InChI=1S/C27H29F2N3O4S/c1-27(12-13-37(34,35)17-27)30-25(33)20-10-11-22-23(15-20)32(16-18-6-3-2-4-7-18)31-24(22)19-8-5-9-21(14-19)36-26(28)29/h2-9,14,20,26H,10-13,15-17H2,1H3,(H,30,33)/t20?,27-/m0/s1. The summed E-state index contributed by atoms with van der Waals surface area (Å²) in [4.78, 5) is 13.3. The number of nitrogens with one attached hydrogen (secondary N) is 1. The van der Waals surface area contributed by atoms with Crippen LogP contribution >= 0.6 is 0 Å². The molecule has 1 N–H and O–H groups in total. The maximum absolute atomic E-state index is 13.3. The predicted molar refractivity (Wildman–Crippen MR) is 135 cm³/mol. The van der Waals surface area contributed by atoms with Crippen molar-refractivity contribution in [3.05, 3.63) is 71.4 Å². The van der Waals surface area contributed by atoms with Crippen LogP contribution in [-0.4, -0.2) is 47.8 Å². The lowest BCUT2D eigenvalue weighted by molar-refractivity contribution is -0.126. The molecule has 1 aromatic heterocycles. The molecule has 7 nitrogen and oxygen atoms in total. The zero-order chi connectivity index (χ0) is 26.2. The quantitative estimate of drug-likeness (QED) is 0.500. The molecule has 1 saturated heterocycles. The molecule has 2 atom stereocenters. The first-order valence-corrected chi connectivity index (χ1v) is 14.1. The SMILES string of the molecule is C[C@]1(NC(=O)C2CCc3c(-c4cccc(OC(F)F)c4)nn(Cc4ccccc4)c3C2)CCS(=O)(=O)C1. The molecule has 1 amide bonds. The van der Waals surface area contributed by atoms with Gasteiger partial charge in [-0.15, -0.1) is 0 Å². The number of aromatic nitrogens is 2. The largest absolute Gasteiger partial charge is 0.435 e. The Morgan fingerprint density at radius 2 is 2.00 bits per heavy atom. The molecule has 1 unspecified atom stereocenters. The average molecular weight is 530 g/mol. The lowest BCUT2D eigenvalue weighted by Gasteiger charge is -2.29. The Kier molecular flexibility index (Phi) is 6.78. The predicted octanol–water partition coefficient (Wildman–Crippen LogP) is 4.00. The minimum absolute atomic E-state index is 0.0448. The summed E-state index contributed by atoms with van der Waals surface area (Å²) in [5, 5.41) is 7.88. The third-order valence-electron chi connectivity index (χ3n) is 7.16. The summed E-state index contributed by atoms with van der Waals surface area (Å²) in [5.41, 5.74) is 3.57. The topological polar surface area (TPSA) is 90.3 Å². The van der Waals surface area contributed by atoms with Gasteiger partial charge in [-0.1, -0.05) is 42.5 Å². The van der Waals surface area contributed by atoms with Crippen LogP contribution in [0.4, 0.5) is 8.78 Å². The van der Waals surface area contributed by atoms with E-state index in [-0.39, 0.29) is 29.1 Å². The number of alkyl halides is 2. The van der Waals surface area contributed by atoms with Gasteiger partial charge in [-0.05, 0) is 43.9 Å². The number of ether oxygens (including phenoxy) is 1.